The number of aliphatic hydroxyl groups is 1. The van der Waals surface area contributed by atoms with Crippen molar-refractivity contribution in [2.45, 2.75) is 18.9 Å². The number of amides is 1. The fraction of sp³-hybridized carbons (Fsp3) is 0.455. The van der Waals surface area contributed by atoms with Crippen molar-refractivity contribution in [2.75, 3.05) is 13.1 Å². The molecule has 86 valence electrons. The second-order valence-corrected chi connectivity index (χ2v) is 5.13. The molecule has 0 radical (unpaired) electrons. The molecule has 0 saturated carbocycles. The number of rotatable bonds is 1. The van der Waals surface area contributed by atoms with E-state index < -0.39 is 0 Å². The number of hydrogen-bond donors (Lipinski definition) is 1. The van der Waals surface area contributed by atoms with Crippen LogP contribution in [0.3, 0.4) is 0 Å². The third-order valence-electron chi connectivity index (χ3n) is 2.70. The van der Waals surface area contributed by atoms with E-state index in [1.54, 1.807) is 17.2 Å². The van der Waals surface area contributed by atoms with Crippen LogP contribution in [0.25, 0.3) is 0 Å². The third kappa shape index (κ3) is 2.70. The highest BCUT2D eigenvalue weighted by atomic mass is 127. The number of piperidine rings is 1. The Morgan fingerprint density at radius 2 is 2.12 bits per heavy atom. The molecule has 1 amide bonds. The molecule has 4 nitrogen and oxygen atoms in total. The van der Waals surface area contributed by atoms with E-state index in [0.29, 0.717) is 31.6 Å². The summed E-state index contributed by atoms with van der Waals surface area (Å²) in [5.41, 5.74) is 0.483. The molecule has 1 aromatic rings. The molecule has 2 rings (SSSR count). The predicted molar refractivity (Wildman–Crippen MR) is 68.1 cm³/mol. The van der Waals surface area contributed by atoms with Crippen molar-refractivity contribution in [3.8, 4) is 0 Å². The van der Waals surface area contributed by atoms with Gasteiger partial charge in [-0.3, -0.25) is 4.79 Å². The van der Waals surface area contributed by atoms with E-state index in [-0.39, 0.29) is 12.0 Å². The normalized spacial score (nSPS) is 17.5. The molecule has 1 aliphatic rings. The second-order valence-electron chi connectivity index (χ2n) is 3.89. The molecule has 16 heavy (non-hydrogen) atoms. The first-order valence-corrected chi connectivity index (χ1v) is 6.33. The molecule has 0 aliphatic carbocycles. The molecule has 2 heterocycles. The molecular weight excluding hydrogens is 319 g/mol. The van der Waals surface area contributed by atoms with Gasteiger partial charge in [0.25, 0.3) is 5.91 Å². The minimum Gasteiger partial charge on any atom is -0.393 e. The van der Waals surface area contributed by atoms with E-state index in [1.165, 1.54) is 0 Å². The summed E-state index contributed by atoms with van der Waals surface area (Å²) >= 11 is 2.16. The monoisotopic (exact) mass is 332 g/mol. The lowest BCUT2D eigenvalue weighted by Crippen LogP contribution is -2.40. The first kappa shape index (κ1) is 11.8. The second kappa shape index (κ2) is 5.09. The lowest BCUT2D eigenvalue weighted by molar-refractivity contribution is 0.0541. The minimum atomic E-state index is -0.256. The van der Waals surface area contributed by atoms with Crippen LogP contribution in [0.4, 0.5) is 0 Å². The van der Waals surface area contributed by atoms with Crippen molar-refractivity contribution < 1.29 is 9.90 Å². The van der Waals surface area contributed by atoms with E-state index in [9.17, 15) is 9.90 Å². The molecule has 0 bridgehead atoms. The van der Waals surface area contributed by atoms with Gasteiger partial charge in [0.05, 0.1) is 6.10 Å². The van der Waals surface area contributed by atoms with Crippen LogP contribution in [0.2, 0.25) is 0 Å². The number of nitrogens with zero attached hydrogens (tertiary/aromatic N) is 2. The Hall–Kier alpha value is -0.690. The lowest BCUT2D eigenvalue weighted by Gasteiger charge is -2.29. The van der Waals surface area contributed by atoms with Gasteiger partial charge in [0, 0.05) is 22.9 Å². The van der Waals surface area contributed by atoms with Crippen molar-refractivity contribution >= 4 is 28.5 Å². The van der Waals surface area contributed by atoms with Crippen LogP contribution in [0.1, 0.15) is 23.3 Å². The van der Waals surface area contributed by atoms with Crippen LogP contribution in [0.15, 0.2) is 18.3 Å². The van der Waals surface area contributed by atoms with Gasteiger partial charge in [0.2, 0.25) is 0 Å². The molecule has 0 atom stereocenters. The van der Waals surface area contributed by atoms with E-state index >= 15 is 0 Å². The molecule has 1 fully saturated rings. The topological polar surface area (TPSA) is 53.4 Å². The maximum atomic E-state index is 12.0. The molecule has 1 aliphatic heterocycles. The summed E-state index contributed by atoms with van der Waals surface area (Å²) in [6.45, 7) is 1.24. The van der Waals surface area contributed by atoms with Gasteiger partial charge in [-0.2, -0.15) is 0 Å². The zero-order valence-electron chi connectivity index (χ0n) is 8.77. The molecule has 0 spiro atoms. The summed E-state index contributed by atoms with van der Waals surface area (Å²) in [5, 5.41) is 9.36. The Labute approximate surface area is 108 Å². The summed E-state index contributed by atoms with van der Waals surface area (Å²) in [6.07, 6.45) is 2.76. The van der Waals surface area contributed by atoms with Crippen LogP contribution < -0.4 is 0 Å². The Morgan fingerprint density at radius 3 is 2.69 bits per heavy atom. The molecule has 1 saturated heterocycles. The SMILES string of the molecule is O=C(c1ccc(I)cn1)N1CCC(O)CC1. The number of aliphatic hydroxyl groups excluding tert-OH is 1. The summed E-state index contributed by atoms with van der Waals surface area (Å²) in [6, 6.07) is 3.62. The van der Waals surface area contributed by atoms with E-state index in [4.69, 9.17) is 0 Å². The predicted octanol–water partition coefficient (Wildman–Crippen LogP) is 1.28. The highest BCUT2D eigenvalue weighted by Crippen LogP contribution is 2.13. The number of likely N-dealkylation sites (tertiary alicyclic amines) is 1. The van der Waals surface area contributed by atoms with Gasteiger partial charge >= 0.3 is 0 Å². The van der Waals surface area contributed by atoms with Crippen LogP contribution in [0.5, 0.6) is 0 Å². The molecular formula is C11H13IN2O2. The summed E-state index contributed by atoms with van der Waals surface area (Å²) in [4.78, 5) is 17.9. The molecule has 5 heteroatoms. The summed E-state index contributed by atoms with van der Waals surface area (Å²) < 4.78 is 1.02. The van der Waals surface area contributed by atoms with Crippen LogP contribution >= 0.6 is 22.6 Å². The zero-order chi connectivity index (χ0) is 11.5. The largest absolute Gasteiger partial charge is 0.393 e. The number of carbonyl (C=O) groups is 1. The number of pyridine rings is 1. The maximum Gasteiger partial charge on any atom is 0.272 e. The Bertz CT molecular complexity index is 372. The number of aromatic nitrogens is 1. The molecule has 1 aromatic heterocycles. The molecule has 0 aromatic carbocycles. The van der Waals surface area contributed by atoms with Crippen molar-refractivity contribution in [1.29, 1.82) is 0 Å². The van der Waals surface area contributed by atoms with Crippen molar-refractivity contribution in [2.24, 2.45) is 0 Å². The fourth-order valence-corrected chi connectivity index (χ4v) is 2.05. The minimum absolute atomic E-state index is 0.0386. The van der Waals surface area contributed by atoms with Gasteiger partial charge in [-0.05, 0) is 47.6 Å². The number of carbonyl (C=O) groups excluding carboxylic acids is 1. The highest BCUT2D eigenvalue weighted by Gasteiger charge is 2.22. The van der Waals surface area contributed by atoms with Gasteiger partial charge in [-0.25, -0.2) is 4.98 Å². The summed E-state index contributed by atoms with van der Waals surface area (Å²) in [5.74, 6) is -0.0386. The fourth-order valence-electron chi connectivity index (χ4n) is 1.73. The Morgan fingerprint density at radius 1 is 1.44 bits per heavy atom. The summed E-state index contributed by atoms with van der Waals surface area (Å²) in [7, 11) is 0. The molecule has 0 unspecified atom stereocenters. The smallest absolute Gasteiger partial charge is 0.272 e. The van der Waals surface area contributed by atoms with Crippen molar-refractivity contribution in [3.05, 3.63) is 27.6 Å². The van der Waals surface area contributed by atoms with Crippen LogP contribution in [0, 0.1) is 3.57 Å². The van der Waals surface area contributed by atoms with Gasteiger partial charge in [0.15, 0.2) is 0 Å². The van der Waals surface area contributed by atoms with E-state index in [0.717, 1.165) is 3.57 Å². The average molecular weight is 332 g/mol. The van der Waals surface area contributed by atoms with Gasteiger partial charge in [0.1, 0.15) is 5.69 Å². The van der Waals surface area contributed by atoms with Gasteiger partial charge in [-0.1, -0.05) is 0 Å². The number of halogens is 1. The maximum absolute atomic E-state index is 12.0. The quantitative estimate of drug-likeness (QED) is 0.789. The first-order chi connectivity index (χ1) is 7.66. The lowest BCUT2D eigenvalue weighted by atomic mass is 10.1. The van der Waals surface area contributed by atoms with Gasteiger partial charge in [-0.15, -0.1) is 0 Å². The number of hydrogen-bond acceptors (Lipinski definition) is 3. The van der Waals surface area contributed by atoms with E-state index in [2.05, 4.69) is 27.6 Å². The first-order valence-electron chi connectivity index (χ1n) is 5.26. The molecule has 1 N–H and O–H groups in total. The van der Waals surface area contributed by atoms with E-state index in [1.807, 2.05) is 6.07 Å². The average Bonchev–Trinajstić information content (AvgIpc) is 2.30. The standard InChI is InChI=1S/C11H13IN2O2/c12-8-1-2-10(13-7-8)11(16)14-5-3-9(15)4-6-14/h1-2,7,9,15H,3-6H2. The third-order valence-corrected chi connectivity index (χ3v) is 3.34. The highest BCUT2D eigenvalue weighted by molar-refractivity contribution is 14.1. The van der Waals surface area contributed by atoms with Crippen molar-refractivity contribution in [1.82, 2.24) is 9.88 Å². The van der Waals surface area contributed by atoms with Crippen molar-refractivity contribution in [3.63, 3.8) is 0 Å². The zero-order valence-corrected chi connectivity index (χ0v) is 10.9. The Kier molecular flexibility index (Phi) is 3.75. The van der Waals surface area contributed by atoms with Gasteiger partial charge < -0.3 is 10.0 Å². The van der Waals surface area contributed by atoms with Crippen LogP contribution in [-0.2, 0) is 0 Å². The van der Waals surface area contributed by atoms with Crippen LogP contribution in [-0.4, -0.2) is 40.1 Å². The Balaban J connectivity index is 2.05.